The number of benzene rings is 1. The molecule has 1 aliphatic heterocycles. The van der Waals surface area contributed by atoms with E-state index in [1.54, 1.807) is 17.5 Å². The average molecular weight is 416 g/mol. The highest BCUT2D eigenvalue weighted by atomic mass is 16.4. The van der Waals surface area contributed by atoms with Crippen molar-refractivity contribution < 1.29 is 5.21 Å². The first-order valence-electron chi connectivity index (χ1n) is 10.3. The molecule has 4 aromatic rings. The fraction of sp³-hybridized carbons (Fsp3) is 0.318. The molecule has 9 nitrogen and oxygen atoms in total. The number of fused-ring (bicyclic) bond motifs is 2. The van der Waals surface area contributed by atoms with Gasteiger partial charge in [-0.25, -0.2) is 0 Å². The van der Waals surface area contributed by atoms with Crippen molar-refractivity contribution in [1.82, 2.24) is 29.7 Å². The number of likely N-dealkylation sites (N-methyl/N-ethyl adjacent to an activating group) is 1. The summed E-state index contributed by atoms with van der Waals surface area (Å²) in [5.41, 5.74) is 4.92. The molecule has 5 rings (SSSR count). The third-order valence-corrected chi connectivity index (χ3v) is 5.81. The number of hydrogen-bond donors (Lipinski definition) is 1. The van der Waals surface area contributed by atoms with E-state index in [0.29, 0.717) is 23.5 Å². The van der Waals surface area contributed by atoms with Crippen LogP contribution in [0.15, 0.2) is 47.8 Å². The van der Waals surface area contributed by atoms with Gasteiger partial charge in [0.25, 0.3) is 0 Å². The number of rotatable bonds is 4. The second-order valence-corrected chi connectivity index (χ2v) is 7.98. The van der Waals surface area contributed by atoms with E-state index in [4.69, 9.17) is 5.21 Å². The summed E-state index contributed by atoms with van der Waals surface area (Å²) in [6, 6.07) is 12.1. The van der Waals surface area contributed by atoms with E-state index in [9.17, 15) is 0 Å². The molecule has 0 spiro atoms. The normalized spacial score (nSPS) is 15.8. The van der Waals surface area contributed by atoms with Crippen LogP contribution in [-0.4, -0.2) is 73.8 Å². The molecule has 1 aliphatic rings. The van der Waals surface area contributed by atoms with Crippen molar-refractivity contribution in [3.8, 4) is 0 Å². The van der Waals surface area contributed by atoms with Crippen LogP contribution in [0.4, 0.5) is 5.69 Å². The van der Waals surface area contributed by atoms with Crippen molar-refractivity contribution in [2.45, 2.75) is 13.3 Å². The number of anilines is 1. The lowest BCUT2D eigenvalue weighted by Crippen LogP contribution is -2.44. The van der Waals surface area contributed by atoms with Gasteiger partial charge in [-0.3, -0.25) is 4.98 Å². The monoisotopic (exact) mass is 416 g/mol. The molecule has 9 heteroatoms. The highest BCUT2D eigenvalue weighted by Gasteiger charge is 2.15. The van der Waals surface area contributed by atoms with Gasteiger partial charge >= 0.3 is 0 Å². The topological polar surface area (TPSA) is 95.0 Å². The van der Waals surface area contributed by atoms with Crippen LogP contribution < -0.4 is 4.90 Å². The first-order valence-corrected chi connectivity index (χ1v) is 10.3. The summed E-state index contributed by atoms with van der Waals surface area (Å²) in [5, 5.41) is 26.4. The van der Waals surface area contributed by atoms with Crippen molar-refractivity contribution in [3.05, 3.63) is 59.7 Å². The van der Waals surface area contributed by atoms with Gasteiger partial charge in [0.1, 0.15) is 11.4 Å². The highest BCUT2D eigenvalue weighted by Crippen LogP contribution is 2.23. The fourth-order valence-electron chi connectivity index (χ4n) is 3.89. The van der Waals surface area contributed by atoms with Gasteiger partial charge in [-0.2, -0.15) is 9.61 Å². The first kappa shape index (κ1) is 19.4. The third-order valence-electron chi connectivity index (χ3n) is 5.81. The van der Waals surface area contributed by atoms with Crippen molar-refractivity contribution in [1.29, 1.82) is 0 Å². The summed E-state index contributed by atoms with van der Waals surface area (Å²) >= 11 is 0. The van der Waals surface area contributed by atoms with E-state index < -0.39 is 0 Å². The summed E-state index contributed by atoms with van der Waals surface area (Å²) < 4.78 is 1.70. The van der Waals surface area contributed by atoms with Crippen LogP contribution in [-0.2, 0) is 6.42 Å². The highest BCUT2D eigenvalue weighted by molar-refractivity contribution is 5.96. The van der Waals surface area contributed by atoms with Crippen LogP contribution in [0, 0.1) is 0 Å². The molecule has 1 fully saturated rings. The van der Waals surface area contributed by atoms with E-state index in [0.717, 1.165) is 54.2 Å². The Hall–Kier alpha value is -3.59. The molecule has 0 saturated carbocycles. The smallest absolute Gasteiger partial charge is 0.177 e. The molecule has 158 valence electrons. The van der Waals surface area contributed by atoms with Gasteiger partial charge in [-0.05, 0) is 49.9 Å². The average Bonchev–Trinajstić information content (AvgIpc) is 3.20. The maximum absolute atomic E-state index is 9.04. The number of aromatic nitrogens is 5. The zero-order valence-corrected chi connectivity index (χ0v) is 17.6. The molecule has 0 bridgehead atoms. The fourth-order valence-corrected chi connectivity index (χ4v) is 3.89. The summed E-state index contributed by atoms with van der Waals surface area (Å²) in [4.78, 5) is 9.40. The zero-order valence-electron chi connectivity index (χ0n) is 17.6. The Morgan fingerprint density at radius 2 is 1.90 bits per heavy atom. The van der Waals surface area contributed by atoms with Crippen molar-refractivity contribution in [3.63, 3.8) is 0 Å². The number of pyridine rings is 1. The summed E-state index contributed by atoms with van der Waals surface area (Å²) in [6.07, 6.45) is 2.55. The Balaban J connectivity index is 1.45. The predicted octanol–water partition coefficient (Wildman–Crippen LogP) is 2.21. The molecular weight excluding hydrogens is 392 g/mol. The van der Waals surface area contributed by atoms with Crippen LogP contribution in [0.1, 0.15) is 24.0 Å². The molecule has 1 aromatic carbocycles. The quantitative estimate of drug-likeness (QED) is 0.310. The van der Waals surface area contributed by atoms with E-state index in [2.05, 4.69) is 60.5 Å². The van der Waals surface area contributed by atoms with Crippen LogP contribution >= 0.6 is 0 Å². The lowest BCUT2D eigenvalue weighted by Gasteiger charge is -2.33. The van der Waals surface area contributed by atoms with E-state index in [1.807, 2.05) is 18.3 Å². The Kier molecular flexibility index (Phi) is 4.95. The van der Waals surface area contributed by atoms with Crippen LogP contribution in [0.5, 0.6) is 0 Å². The molecule has 1 N–H and O–H groups in total. The molecule has 0 unspecified atom stereocenters. The van der Waals surface area contributed by atoms with Gasteiger partial charge in [0.05, 0.1) is 17.4 Å². The van der Waals surface area contributed by atoms with Crippen LogP contribution in [0.2, 0.25) is 0 Å². The number of nitrogens with zero attached hydrogens (tertiary/aromatic N) is 8. The van der Waals surface area contributed by atoms with E-state index in [-0.39, 0.29) is 0 Å². The largest absolute Gasteiger partial charge is 0.411 e. The van der Waals surface area contributed by atoms with Crippen LogP contribution in [0.3, 0.4) is 0 Å². The third kappa shape index (κ3) is 3.79. The minimum absolute atomic E-state index is 0.440. The lowest BCUT2D eigenvalue weighted by atomic mass is 10.1. The molecule has 0 aliphatic carbocycles. The van der Waals surface area contributed by atoms with Gasteiger partial charge in [-0.15, -0.1) is 10.2 Å². The molecule has 1 saturated heterocycles. The Bertz CT molecular complexity index is 1270. The van der Waals surface area contributed by atoms with Gasteiger partial charge in [0, 0.05) is 38.0 Å². The molecular formula is C22H24N8O. The summed E-state index contributed by atoms with van der Waals surface area (Å²) in [6.45, 7) is 5.85. The summed E-state index contributed by atoms with van der Waals surface area (Å²) in [7, 11) is 2.16. The minimum Gasteiger partial charge on any atom is -0.411 e. The van der Waals surface area contributed by atoms with Gasteiger partial charge in [0.2, 0.25) is 0 Å². The van der Waals surface area contributed by atoms with Crippen molar-refractivity contribution in [2.24, 2.45) is 5.16 Å². The standard InChI is InChI=1S/C22H24N8O/c1-15(27-31)19-5-6-21-24-25-22(30(21)26-19)12-16-3-4-20-17(11-16)13-18(14-23-20)29-9-7-28(2)8-10-29/h3-6,11,13-14,31H,7-10,12H2,1-2H3. The lowest BCUT2D eigenvalue weighted by molar-refractivity contribution is 0.313. The molecule has 31 heavy (non-hydrogen) atoms. The Morgan fingerprint density at radius 1 is 1.06 bits per heavy atom. The van der Waals surface area contributed by atoms with Gasteiger partial charge in [-0.1, -0.05) is 11.2 Å². The van der Waals surface area contributed by atoms with E-state index >= 15 is 0 Å². The molecule has 4 heterocycles. The van der Waals surface area contributed by atoms with Crippen LogP contribution in [0.25, 0.3) is 16.6 Å². The maximum atomic E-state index is 9.04. The van der Waals surface area contributed by atoms with Gasteiger partial charge < -0.3 is 15.0 Å². The predicted molar refractivity (Wildman–Crippen MR) is 119 cm³/mol. The number of piperazine rings is 1. The molecule has 0 atom stereocenters. The maximum Gasteiger partial charge on any atom is 0.177 e. The van der Waals surface area contributed by atoms with Crippen molar-refractivity contribution >= 4 is 27.9 Å². The Labute approximate surface area is 179 Å². The molecule has 0 amide bonds. The first-order chi connectivity index (χ1) is 15.1. The van der Waals surface area contributed by atoms with E-state index in [1.165, 1.54) is 0 Å². The minimum atomic E-state index is 0.440. The number of hydrogen-bond acceptors (Lipinski definition) is 8. The second-order valence-electron chi connectivity index (χ2n) is 7.98. The zero-order chi connectivity index (χ0) is 21.4. The van der Waals surface area contributed by atoms with Gasteiger partial charge in [0.15, 0.2) is 11.5 Å². The number of oxime groups is 1. The van der Waals surface area contributed by atoms with Crippen molar-refractivity contribution in [2.75, 3.05) is 38.1 Å². The second kappa shape index (κ2) is 7.92. The SMILES string of the molecule is CC(=NO)c1ccc2nnc(Cc3ccc4ncc(N5CCN(C)CC5)cc4c3)n2n1. The molecule has 0 radical (unpaired) electrons. The molecule has 3 aromatic heterocycles. The Morgan fingerprint density at radius 3 is 2.71 bits per heavy atom. The summed E-state index contributed by atoms with van der Waals surface area (Å²) in [5.74, 6) is 0.727.